The van der Waals surface area contributed by atoms with Crippen molar-refractivity contribution in [3.63, 3.8) is 0 Å². The summed E-state index contributed by atoms with van der Waals surface area (Å²) in [7, 11) is 3.20. The molecular weight excluding hydrogens is 232 g/mol. The molecule has 2 amide bonds. The van der Waals surface area contributed by atoms with Crippen LogP contribution in [0.25, 0.3) is 0 Å². The first kappa shape index (κ1) is 14.2. The van der Waals surface area contributed by atoms with Gasteiger partial charge in [-0.3, -0.25) is 0 Å². The summed E-state index contributed by atoms with van der Waals surface area (Å²) in [5.41, 5.74) is 0.878. The van der Waals surface area contributed by atoms with Gasteiger partial charge in [0.15, 0.2) is 0 Å². The van der Waals surface area contributed by atoms with E-state index in [1.807, 2.05) is 25.1 Å². The van der Waals surface area contributed by atoms with Gasteiger partial charge in [0.2, 0.25) is 0 Å². The molecule has 1 aromatic carbocycles. The molecule has 1 rings (SSSR count). The molecular formula is C13H20N2O3. The Morgan fingerprint density at radius 3 is 2.61 bits per heavy atom. The van der Waals surface area contributed by atoms with Crippen molar-refractivity contribution in [3.05, 3.63) is 23.8 Å². The van der Waals surface area contributed by atoms with E-state index in [2.05, 4.69) is 10.6 Å². The van der Waals surface area contributed by atoms with Gasteiger partial charge in [-0.25, -0.2) is 4.79 Å². The minimum atomic E-state index is -0.179. The monoisotopic (exact) mass is 252 g/mol. The smallest absolute Gasteiger partial charge is 0.315 e. The molecule has 0 spiro atoms. The number of hydrogen-bond acceptors (Lipinski definition) is 3. The van der Waals surface area contributed by atoms with Crippen LogP contribution in [0.1, 0.15) is 18.9 Å². The predicted octanol–water partition coefficient (Wildman–Crippen LogP) is 1.91. The van der Waals surface area contributed by atoms with Crippen molar-refractivity contribution in [2.24, 2.45) is 0 Å². The van der Waals surface area contributed by atoms with E-state index < -0.39 is 0 Å². The van der Waals surface area contributed by atoms with Crippen LogP contribution < -0.4 is 20.1 Å². The second kappa shape index (κ2) is 7.42. The lowest BCUT2D eigenvalue weighted by Gasteiger charge is -2.11. The van der Waals surface area contributed by atoms with Crippen molar-refractivity contribution in [2.45, 2.75) is 19.9 Å². The van der Waals surface area contributed by atoms with Gasteiger partial charge in [-0.15, -0.1) is 0 Å². The normalized spacial score (nSPS) is 9.72. The van der Waals surface area contributed by atoms with E-state index in [1.165, 1.54) is 0 Å². The molecule has 5 heteroatoms. The Morgan fingerprint density at radius 1 is 1.22 bits per heavy atom. The number of ether oxygens (including phenoxy) is 2. The average Bonchev–Trinajstić information content (AvgIpc) is 2.42. The minimum Gasteiger partial charge on any atom is -0.497 e. The molecule has 0 saturated carbocycles. The first-order chi connectivity index (χ1) is 8.71. The van der Waals surface area contributed by atoms with E-state index in [9.17, 15) is 4.79 Å². The Kier molecular flexibility index (Phi) is 5.84. The Labute approximate surface area is 107 Å². The highest BCUT2D eigenvalue weighted by Crippen LogP contribution is 2.23. The van der Waals surface area contributed by atoms with E-state index >= 15 is 0 Å². The highest BCUT2D eigenvalue weighted by Gasteiger charge is 2.06. The standard InChI is InChI=1S/C13H20N2O3/c1-4-7-14-13(16)15-9-10-8-11(17-2)5-6-12(10)18-3/h5-6,8H,4,7,9H2,1-3H3,(H2,14,15,16). The van der Waals surface area contributed by atoms with Gasteiger partial charge in [0.25, 0.3) is 0 Å². The van der Waals surface area contributed by atoms with Crippen molar-refractivity contribution in [1.29, 1.82) is 0 Å². The molecule has 0 unspecified atom stereocenters. The van der Waals surface area contributed by atoms with E-state index in [1.54, 1.807) is 14.2 Å². The molecule has 0 fully saturated rings. The molecule has 0 radical (unpaired) electrons. The van der Waals surface area contributed by atoms with Crippen LogP contribution in [0.5, 0.6) is 11.5 Å². The minimum absolute atomic E-state index is 0.179. The molecule has 18 heavy (non-hydrogen) atoms. The van der Waals surface area contributed by atoms with Gasteiger partial charge in [-0.1, -0.05) is 6.92 Å². The van der Waals surface area contributed by atoms with Crippen LogP contribution in [0, 0.1) is 0 Å². The molecule has 100 valence electrons. The molecule has 1 aromatic rings. The summed E-state index contributed by atoms with van der Waals surface area (Å²) in [5, 5.41) is 5.52. The number of rotatable bonds is 6. The fourth-order valence-electron chi connectivity index (χ4n) is 1.50. The third-order valence-corrected chi connectivity index (χ3v) is 2.46. The Bertz CT molecular complexity index is 394. The first-order valence-electron chi connectivity index (χ1n) is 5.93. The van der Waals surface area contributed by atoms with Gasteiger partial charge in [-0.05, 0) is 24.6 Å². The van der Waals surface area contributed by atoms with Crippen LogP contribution in [-0.4, -0.2) is 26.8 Å². The van der Waals surface area contributed by atoms with Gasteiger partial charge in [0, 0.05) is 18.7 Å². The van der Waals surface area contributed by atoms with Gasteiger partial charge < -0.3 is 20.1 Å². The zero-order chi connectivity index (χ0) is 13.4. The Hall–Kier alpha value is -1.91. The summed E-state index contributed by atoms with van der Waals surface area (Å²) in [5.74, 6) is 1.47. The fourth-order valence-corrected chi connectivity index (χ4v) is 1.50. The maximum Gasteiger partial charge on any atom is 0.315 e. The van der Waals surface area contributed by atoms with Crippen LogP contribution in [0.3, 0.4) is 0 Å². The van der Waals surface area contributed by atoms with E-state index in [0.29, 0.717) is 13.1 Å². The third-order valence-electron chi connectivity index (χ3n) is 2.46. The Balaban J connectivity index is 2.62. The molecule has 0 heterocycles. The maximum absolute atomic E-state index is 11.4. The van der Waals surface area contributed by atoms with E-state index in [-0.39, 0.29) is 6.03 Å². The van der Waals surface area contributed by atoms with Gasteiger partial charge >= 0.3 is 6.03 Å². The van der Waals surface area contributed by atoms with Gasteiger partial charge in [-0.2, -0.15) is 0 Å². The van der Waals surface area contributed by atoms with Crippen molar-refractivity contribution in [3.8, 4) is 11.5 Å². The van der Waals surface area contributed by atoms with Crippen molar-refractivity contribution in [2.75, 3.05) is 20.8 Å². The van der Waals surface area contributed by atoms with E-state index in [4.69, 9.17) is 9.47 Å². The number of benzene rings is 1. The fraction of sp³-hybridized carbons (Fsp3) is 0.462. The summed E-state index contributed by atoms with van der Waals surface area (Å²) < 4.78 is 10.4. The van der Waals surface area contributed by atoms with Crippen LogP contribution >= 0.6 is 0 Å². The highest BCUT2D eigenvalue weighted by atomic mass is 16.5. The van der Waals surface area contributed by atoms with Crippen molar-refractivity contribution in [1.82, 2.24) is 10.6 Å². The summed E-state index contributed by atoms with van der Waals surface area (Å²) in [6.45, 7) is 3.07. The number of hydrogen-bond donors (Lipinski definition) is 2. The summed E-state index contributed by atoms with van der Waals surface area (Å²) in [6, 6.07) is 5.31. The molecule has 0 aliphatic rings. The molecule has 0 saturated heterocycles. The van der Waals surface area contributed by atoms with Crippen molar-refractivity contribution < 1.29 is 14.3 Å². The number of nitrogens with one attached hydrogen (secondary N) is 2. The molecule has 0 aromatic heterocycles. The largest absolute Gasteiger partial charge is 0.497 e. The van der Waals surface area contributed by atoms with Crippen LogP contribution in [0.4, 0.5) is 4.79 Å². The lowest BCUT2D eigenvalue weighted by atomic mass is 10.2. The predicted molar refractivity (Wildman–Crippen MR) is 70.1 cm³/mol. The molecule has 0 bridgehead atoms. The summed E-state index contributed by atoms with van der Waals surface area (Å²) >= 11 is 0. The average molecular weight is 252 g/mol. The second-order valence-electron chi connectivity index (χ2n) is 3.79. The zero-order valence-electron chi connectivity index (χ0n) is 11.1. The van der Waals surface area contributed by atoms with Gasteiger partial charge in [0.1, 0.15) is 11.5 Å². The molecule has 0 aliphatic carbocycles. The summed E-state index contributed by atoms with van der Waals surface area (Å²) in [6.07, 6.45) is 0.913. The van der Waals surface area contributed by atoms with Crippen LogP contribution in [0.15, 0.2) is 18.2 Å². The van der Waals surface area contributed by atoms with Crippen LogP contribution in [-0.2, 0) is 6.54 Å². The third kappa shape index (κ3) is 4.16. The van der Waals surface area contributed by atoms with Crippen molar-refractivity contribution >= 4 is 6.03 Å². The molecule has 0 atom stereocenters. The zero-order valence-corrected chi connectivity index (χ0v) is 11.1. The Morgan fingerprint density at radius 2 is 2.00 bits per heavy atom. The SMILES string of the molecule is CCCNC(=O)NCc1cc(OC)ccc1OC. The first-order valence-corrected chi connectivity index (χ1v) is 5.93. The van der Waals surface area contributed by atoms with Crippen LogP contribution in [0.2, 0.25) is 0 Å². The number of carbonyl (C=O) groups is 1. The second-order valence-corrected chi connectivity index (χ2v) is 3.79. The number of carbonyl (C=O) groups excluding carboxylic acids is 1. The maximum atomic E-state index is 11.4. The highest BCUT2D eigenvalue weighted by molar-refractivity contribution is 5.73. The number of methoxy groups -OCH3 is 2. The topological polar surface area (TPSA) is 59.6 Å². The van der Waals surface area contributed by atoms with Gasteiger partial charge in [0.05, 0.1) is 14.2 Å². The number of amides is 2. The summed E-state index contributed by atoms with van der Waals surface area (Å²) in [4.78, 5) is 11.4. The lowest BCUT2D eigenvalue weighted by Crippen LogP contribution is -2.35. The molecule has 5 nitrogen and oxygen atoms in total. The quantitative estimate of drug-likeness (QED) is 0.813. The molecule has 0 aliphatic heterocycles. The van der Waals surface area contributed by atoms with E-state index in [0.717, 1.165) is 23.5 Å². The lowest BCUT2D eigenvalue weighted by molar-refractivity contribution is 0.240. The molecule has 2 N–H and O–H groups in total. The number of urea groups is 1.